The van der Waals surface area contributed by atoms with E-state index in [1.165, 1.54) is 128 Å². The summed E-state index contributed by atoms with van der Waals surface area (Å²) >= 11 is 0. The van der Waals surface area contributed by atoms with E-state index in [0.717, 1.165) is 36.0 Å². The summed E-state index contributed by atoms with van der Waals surface area (Å²) in [5.41, 5.74) is 1.49. The molecule has 2 aliphatic rings. The van der Waals surface area contributed by atoms with Gasteiger partial charge in [-0.15, -0.1) is 0 Å². The molecule has 0 aromatic heterocycles. The topological polar surface area (TPSA) is 9.23 Å². The van der Waals surface area contributed by atoms with E-state index in [1.54, 1.807) is 0 Å². The van der Waals surface area contributed by atoms with Crippen LogP contribution in [0.3, 0.4) is 0 Å². The molecule has 0 heterocycles. The van der Waals surface area contributed by atoms with Crippen LogP contribution in [0, 0.1) is 23.7 Å². The van der Waals surface area contributed by atoms with Crippen molar-refractivity contribution < 1.29 is 4.74 Å². The van der Waals surface area contributed by atoms with Crippen LogP contribution in [0.4, 0.5) is 0 Å². The van der Waals surface area contributed by atoms with Crippen LogP contribution in [0.25, 0.3) is 0 Å². The van der Waals surface area contributed by atoms with Crippen LogP contribution >= 0.6 is 0 Å². The lowest BCUT2D eigenvalue weighted by molar-refractivity contribution is 0.230. The van der Waals surface area contributed by atoms with Gasteiger partial charge in [0.1, 0.15) is 5.75 Å². The van der Waals surface area contributed by atoms with E-state index < -0.39 is 0 Å². The Bertz CT molecular complexity index is 589. The molecule has 0 spiro atoms. The maximum absolute atomic E-state index is 6.07. The minimum absolute atomic E-state index is 0.885. The first kappa shape index (κ1) is 26.6. The number of benzene rings is 1. The predicted octanol–water partition coefficient (Wildman–Crippen LogP) is 10.2. The predicted molar refractivity (Wildman–Crippen MR) is 144 cm³/mol. The van der Waals surface area contributed by atoms with Crippen molar-refractivity contribution in [2.75, 3.05) is 6.61 Å². The molecule has 188 valence electrons. The lowest BCUT2D eigenvalue weighted by Gasteiger charge is -2.28. The van der Waals surface area contributed by atoms with Gasteiger partial charge in [-0.3, -0.25) is 0 Å². The van der Waals surface area contributed by atoms with Crippen molar-refractivity contribution in [3.05, 3.63) is 29.8 Å². The van der Waals surface area contributed by atoms with Gasteiger partial charge in [0.2, 0.25) is 0 Å². The van der Waals surface area contributed by atoms with E-state index in [2.05, 4.69) is 38.1 Å². The van der Waals surface area contributed by atoms with Crippen LogP contribution in [0.2, 0.25) is 0 Å². The molecule has 33 heavy (non-hydrogen) atoms. The van der Waals surface area contributed by atoms with E-state index in [1.807, 2.05) is 0 Å². The van der Waals surface area contributed by atoms with Crippen molar-refractivity contribution >= 4 is 0 Å². The first-order chi connectivity index (χ1) is 16.3. The third-order valence-corrected chi connectivity index (χ3v) is 8.89. The molecule has 3 rings (SSSR count). The molecule has 0 unspecified atom stereocenters. The molecule has 0 N–H and O–H groups in total. The third kappa shape index (κ3) is 10.4. The highest BCUT2D eigenvalue weighted by atomic mass is 16.5. The van der Waals surface area contributed by atoms with Gasteiger partial charge in [0.15, 0.2) is 0 Å². The van der Waals surface area contributed by atoms with E-state index in [-0.39, 0.29) is 0 Å². The zero-order valence-electron chi connectivity index (χ0n) is 22.2. The fourth-order valence-electron chi connectivity index (χ4n) is 6.57. The summed E-state index contributed by atoms with van der Waals surface area (Å²) in [6.45, 7) is 5.53. The van der Waals surface area contributed by atoms with E-state index >= 15 is 0 Å². The van der Waals surface area contributed by atoms with Crippen molar-refractivity contribution in [2.45, 2.75) is 136 Å². The van der Waals surface area contributed by atoms with Crippen LogP contribution in [0.15, 0.2) is 24.3 Å². The summed E-state index contributed by atoms with van der Waals surface area (Å²) in [6, 6.07) is 9.03. The smallest absolute Gasteiger partial charge is 0.119 e. The van der Waals surface area contributed by atoms with Gasteiger partial charge in [-0.05, 0) is 67.1 Å². The Labute approximate surface area is 206 Å². The van der Waals surface area contributed by atoms with Crippen LogP contribution in [0.1, 0.15) is 135 Å². The molecule has 1 heteroatoms. The molecule has 0 radical (unpaired) electrons. The first-order valence-electron chi connectivity index (χ1n) is 15.0. The molecule has 1 nitrogen and oxygen atoms in total. The minimum atomic E-state index is 0.885. The Kier molecular flexibility index (Phi) is 12.8. The summed E-state index contributed by atoms with van der Waals surface area (Å²) in [5, 5.41) is 0. The fraction of sp³-hybridized carbons (Fsp3) is 0.812. The first-order valence-corrected chi connectivity index (χ1v) is 15.0. The quantitative estimate of drug-likeness (QED) is 0.239. The number of ether oxygens (including phenoxy) is 1. The van der Waals surface area contributed by atoms with Gasteiger partial charge in [-0.25, -0.2) is 0 Å². The van der Waals surface area contributed by atoms with Gasteiger partial charge < -0.3 is 4.74 Å². The normalized spacial score (nSPS) is 25.8. The standard InChI is InChI=1S/C32H54O/c1-3-5-6-7-10-28-16-18-30(19-17-28)20-21-31-22-24-32(25-23-31)33-26-8-11-29-14-12-27(9-4-2)13-15-29/h22-25,27-30H,3-21,26H2,1-2H3. The zero-order valence-corrected chi connectivity index (χ0v) is 22.2. The van der Waals surface area contributed by atoms with Gasteiger partial charge in [-0.1, -0.05) is 122 Å². The summed E-state index contributed by atoms with van der Waals surface area (Å²) in [5.74, 6) is 5.04. The molecule has 2 fully saturated rings. The second kappa shape index (κ2) is 15.8. The summed E-state index contributed by atoms with van der Waals surface area (Å²) in [6.07, 6.45) is 27.0. The number of aryl methyl sites for hydroxylation is 1. The van der Waals surface area contributed by atoms with Crippen LogP contribution < -0.4 is 4.74 Å². The Morgan fingerprint density at radius 3 is 1.70 bits per heavy atom. The van der Waals surface area contributed by atoms with Gasteiger partial charge in [0.05, 0.1) is 6.61 Å². The molecule has 2 saturated carbocycles. The third-order valence-electron chi connectivity index (χ3n) is 8.89. The number of hydrogen-bond acceptors (Lipinski definition) is 1. The Morgan fingerprint density at radius 2 is 1.12 bits per heavy atom. The zero-order chi connectivity index (χ0) is 23.1. The largest absolute Gasteiger partial charge is 0.494 e. The Hall–Kier alpha value is -0.980. The Morgan fingerprint density at radius 1 is 0.576 bits per heavy atom. The van der Waals surface area contributed by atoms with E-state index in [4.69, 9.17) is 4.74 Å². The lowest BCUT2D eigenvalue weighted by Crippen LogP contribution is -2.15. The molecular weight excluding hydrogens is 400 g/mol. The maximum Gasteiger partial charge on any atom is 0.119 e. The second-order valence-corrected chi connectivity index (χ2v) is 11.6. The molecule has 1 aromatic rings. The van der Waals surface area contributed by atoms with Crippen LogP contribution in [-0.4, -0.2) is 6.61 Å². The summed E-state index contributed by atoms with van der Waals surface area (Å²) in [4.78, 5) is 0. The van der Waals surface area contributed by atoms with Gasteiger partial charge >= 0.3 is 0 Å². The highest BCUT2D eigenvalue weighted by Gasteiger charge is 2.21. The molecule has 0 amide bonds. The highest BCUT2D eigenvalue weighted by Crippen LogP contribution is 2.35. The monoisotopic (exact) mass is 454 g/mol. The lowest BCUT2D eigenvalue weighted by atomic mass is 9.78. The van der Waals surface area contributed by atoms with Gasteiger partial charge in [0.25, 0.3) is 0 Å². The molecule has 1 aromatic carbocycles. The van der Waals surface area contributed by atoms with Gasteiger partial charge in [-0.2, -0.15) is 0 Å². The van der Waals surface area contributed by atoms with Crippen molar-refractivity contribution in [3.63, 3.8) is 0 Å². The van der Waals surface area contributed by atoms with Crippen molar-refractivity contribution in [2.24, 2.45) is 23.7 Å². The summed E-state index contributed by atoms with van der Waals surface area (Å²) < 4.78 is 6.07. The average Bonchev–Trinajstić information content (AvgIpc) is 2.86. The molecule has 0 atom stereocenters. The molecule has 2 aliphatic carbocycles. The fourth-order valence-corrected chi connectivity index (χ4v) is 6.57. The molecular formula is C32H54O. The van der Waals surface area contributed by atoms with Crippen LogP contribution in [-0.2, 0) is 6.42 Å². The van der Waals surface area contributed by atoms with Crippen LogP contribution in [0.5, 0.6) is 5.75 Å². The second-order valence-electron chi connectivity index (χ2n) is 11.6. The number of hydrogen-bond donors (Lipinski definition) is 0. The highest BCUT2D eigenvalue weighted by molar-refractivity contribution is 5.27. The number of unbranched alkanes of at least 4 members (excludes halogenated alkanes) is 3. The average molecular weight is 455 g/mol. The SMILES string of the molecule is CCCCCCC1CCC(CCc2ccc(OCCCC3CCC(CCC)CC3)cc2)CC1. The summed E-state index contributed by atoms with van der Waals surface area (Å²) in [7, 11) is 0. The van der Waals surface area contributed by atoms with Crippen molar-refractivity contribution in [1.29, 1.82) is 0 Å². The molecule has 0 bridgehead atoms. The molecule has 0 saturated heterocycles. The van der Waals surface area contributed by atoms with Crippen molar-refractivity contribution in [1.82, 2.24) is 0 Å². The Balaban J connectivity index is 1.22. The van der Waals surface area contributed by atoms with E-state index in [0.29, 0.717) is 0 Å². The van der Waals surface area contributed by atoms with Crippen molar-refractivity contribution in [3.8, 4) is 5.75 Å². The maximum atomic E-state index is 6.07. The van der Waals surface area contributed by atoms with Gasteiger partial charge in [0, 0.05) is 0 Å². The number of rotatable bonds is 15. The molecule has 0 aliphatic heterocycles. The van der Waals surface area contributed by atoms with E-state index in [9.17, 15) is 0 Å². The minimum Gasteiger partial charge on any atom is -0.494 e.